The van der Waals surface area contributed by atoms with Gasteiger partial charge in [0.05, 0.1) is 40.3 Å². The van der Waals surface area contributed by atoms with Gasteiger partial charge >= 0.3 is 11.9 Å². The van der Waals surface area contributed by atoms with Gasteiger partial charge in [-0.15, -0.1) is 0 Å². The number of carbonyl (C=O) groups excluding carboxylic acids is 2. The van der Waals surface area contributed by atoms with Crippen molar-refractivity contribution in [1.82, 2.24) is 0 Å². The molecule has 36 heavy (non-hydrogen) atoms. The van der Waals surface area contributed by atoms with Crippen molar-refractivity contribution in [2.75, 3.05) is 27.4 Å². The molecular weight excluding hydrogens is 464 g/mol. The SMILES string of the molecule is COc1ccccc1OCCC(=O)OCc1ccc(COC(=O)CCOc2ccccc2OC)cc1. The third kappa shape index (κ3) is 8.54. The monoisotopic (exact) mass is 494 g/mol. The molecule has 0 saturated carbocycles. The topological polar surface area (TPSA) is 89.5 Å². The molecule has 0 atom stereocenters. The molecule has 3 aromatic rings. The summed E-state index contributed by atoms with van der Waals surface area (Å²) in [5.41, 5.74) is 1.66. The number of hydrogen-bond acceptors (Lipinski definition) is 8. The van der Waals surface area contributed by atoms with E-state index in [1.165, 1.54) is 0 Å². The standard InChI is InChI=1S/C28H30O8/c1-31-23-7-3-5-9-25(23)33-17-15-27(29)35-19-21-11-13-22(14-12-21)20-36-28(30)16-18-34-26-10-6-4-8-24(26)32-2/h3-14H,15-20H2,1-2H3. The molecule has 0 saturated heterocycles. The van der Waals surface area contributed by atoms with Crippen LogP contribution in [0.25, 0.3) is 0 Å². The number of hydrogen-bond donors (Lipinski definition) is 0. The van der Waals surface area contributed by atoms with Gasteiger partial charge in [-0.1, -0.05) is 48.5 Å². The molecule has 0 heterocycles. The second-order valence-electron chi connectivity index (χ2n) is 7.64. The average molecular weight is 495 g/mol. The second-order valence-corrected chi connectivity index (χ2v) is 7.64. The van der Waals surface area contributed by atoms with Crippen LogP contribution in [-0.4, -0.2) is 39.4 Å². The van der Waals surface area contributed by atoms with Gasteiger partial charge in [-0.05, 0) is 35.4 Å². The fraction of sp³-hybridized carbons (Fsp3) is 0.286. The van der Waals surface area contributed by atoms with Gasteiger partial charge in [-0.3, -0.25) is 9.59 Å². The molecule has 0 unspecified atom stereocenters. The summed E-state index contributed by atoms with van der Waals surface area (Å²) in [5, 5.41) is 0. The van der Waals surface area contributed by atoms with E-state index in [1.54, 1.807) is 38.5 Å². The van der Waals surface area contributed by atoms with Crippen LogP contribution in [0.15, 0.2) is 72.8 Å². The van der Waals surface area contributed by atoms with Crippen LogP contribution in [0.4, 0.5) is 0 Å². The number of benzene rings is 3. The third-order valence-electron chi connectivity index (χ3n) is 5.09. The molecule has 190 valence electrons. The normalized spacial score (nSPS) is 10.3. The lowest BCUT2D eigenvalue weighted by molar-refractivity contribution is -0.146. The fourth-order valence-corrected chi connectivity index (χ4v) is 3.17. The van der Waals surface area contributed by atoms with Gasteiger partial charge < -0.3 is 28.4 Å². The Morgan fingerprint density at radius 3 is 1.28 bits per heavy atom. The van der Waals surface area contributed by atoms with Crippen LogP contribution in [0, 0.1) is 0 Å². The zero-order valence-corrected chi connectivity index (χ0v) is 20.4. The maximum Gasteiger partial charge on any atom is 0.309 e. The zero-order valence-electron chi connectivity index (χ0n) is 20.4. The van der Waals surface area contributed by atoms with Gasteiger partial charge in [0.2, 0.25) is 0 Å². The van der Waals surface area contributed by atoms with Crippen LogP contribution in [0.3, 0.4) is 0 Å². The lowest BCUT2D eigenvalue weighted by Crippen LogP contribution is -2.11. The highest BCUT2D eigenvalue weighted by molar-refractivity contribution is 5.70. The van der Waals surface area contributed by atoms with Gasteiger partial charge in [0.15, 0.2) is 23.0 Å². The number of ether oxygens (including phenoxy) is 6. The Balaban J connectivity index is 1.31. The molecule has 0 aliphatic rings. The van der Waals surface area contributed by atoms with E-state index >= 15 is 0 Å². The van der Waals surface area contributed by atoms with Crippen LogP contribution in [0.1, 0.15) is 24.0 Å². The molecule has 0 aromatic heterocycles. The minimum atomic E-state index is -0.363. The first kappa shape index (κ1) is 26.4. The highest BCUT2D eigenvalue weighted by atomic mass is 16.5. The second kappa shape index (κ2) is 14.3. The van der Waals surface area contributed by atoms with Crippen LogP contribution in [-0.2, 0) is 32.3 Å². The van der Waals surface area contributed by atoms with Crippen LogP contribution >= 0.6 is 0 Å². The summed E-state index contributed by atoms with van der Waals surface area (Å²) in [4.78, 5) is 24.0. The fourth-order valence-electron chi connectivity index (χ4n) is 3.17. The summed E-state index contributed by atoms with van der Waals surface area (Å²) in [5.74, 6) is 1.65. The van der Waals surface area contributed by atoms with E-state index in [0.29, 0.717) is 23.0 Å². The van der Waals surface area contributed by atoms with E-state index in [0.717, 1.165) is 11.1 Å². The highest BCUT2D eigenvalue weighted by Gasteiger charge is 2.09. The predicted molar refractivity (Wildman–Crippen MR) is 132 cm³/mol. The van der Waals surface area contributed by atoms with Crippen molar-refractivity contribution in [2.45, 2.75) is 26.1 Å². The molecule has 0 aliphatic heterocycles. The van der Waals surface area contributed by atoms with E-state index in [9.17, 15) is 9.59 Å². The van der Waals surface area contributed by atoms with Crippen molar-refractivity contribution in [3.8, 4) is 23.0 Å². The molecule has 0 amide bonds. The van der Waals surface area contributed by atoms with Crippen molar-refractivity contribution in [3.05, 3.63) is 83.9 Å². The molecule has 3 aromatic carbocycles. The van der Waals surface area contributed by atoms with E-state index in [-0.39, 0.29) is 51.2 Å². The Hall–Kier alpha value is -4.20. The summed E-state index contributed by atoms with van der Waals surface area (Å²) in [6.07, 6.45) is 0.236. The van der Waals surface area contributed by atoms with Gasteiger partial charge in [-0.2, -0.15) is 0 Å². The summed E-state index contributed by atoms with van der Waals surface area (Å²) >= 11 is 0. The molecule has 0 fully saturated rings. The number of esters is 2. The zero-order chi connectivity index (χ0) is 25.6. The molecule has 3 rings (SSSR count). The first-order chi connectivity index (χ1) is 17.6. The van der Waals surface area contributed by atoms with Gasteiger partial charge in [0.25, 0.3) is 0 Å². The molecule has 0 N–H and O–H groups in total. The lowest BCUT2D eigenvalue weighted by Gasteiger charge is -2.11. The molecule has 0 aliphatic carbocycles. The Labute approximate surface area is 210 Å². The Bertz CT molecular complexity index is 1020. The van der Waals surface area contributed by atoms with E-state index in [2.05, 4.69) is 0 Å². The first-order valence-electron chi connectivity index (χ1n) is 11.5. The third-order valence-corrected chi connectivity index (χ3v) is 5.09. The van der Waals surface area contributed by atoms with Crippen molar-refractivity contribution in [3.63, 3.8) is 0 Å². The van der Waals surface area contributed by atoms with Crippen LogP contribution in [0.5, 0.6) is 23.0 Å². The molecular formula is C28H30O8. The van der Waals surface area contributed by atoms with Crippen LogP contribution < -0.4 is 18.9 Å². The number of para-hydroxylation sites is 4. The van der Waals surface area contributed by atoms with Gasteiger partial charge in [-0.25, -0.2) is 0 Å². The minimum Gasteiger partial charge on any atom is -0.493 e. The maximum absolute atomic E-state index is 12.0. The Morgan fingerprint density at radius 2 is 0.917 bits per heavy atom. The molecule has 0 spiro atoms. The van der Waals surface area contributed by atoms with Crippen molar-refractivity contribution >= 4 is 11.9 Å². The largest absolute Gasteiger partial charge is 0.493 e. The first-order valence-corrected chi connectivity index (χ1v) is 11.5. The predicted octanol–water partition coefficient (Wildman–Crippen LogP) is 4.73. The van der Waals surface area contributed by atoms with E-state index in [1.807, 2.05) is 48.5 Å². The van der Waals surface area contributed by atoms with Crippen LogP contribution in [0.2, 0.25) is 0 Å². The quantitative estimate of drug-likeness (QED) is 0.297. The molecule has 0 radical (unpaired) electrons. The number of methoxy groups -OCH3 is 2. The highest BCUT2D eigenvalue weighted by Crippen LogP contribution is 2.26. The molecule has 8 nitrogen and oxygen atoms in total. The van der Waals surface area contributed by atoms with Gasteiger partial charge in [0.1, 0.15) is 13.2 Å². The van der Waals surface area contributed by atoms with E-state index < -0.39 is 0 Å². The Morgan fingerprint density at radius 1 is 0.556 bits per heavy atom. The lowest BCUT2D eigenvalue weighted by atomic mass is 10.1. The summed E-state index contributed by atoms with van der Waals surface area (Å²) in [7, 11) is 3.12. The number of rotatable bonds is 14. The smallest absolute Gasteiger partial charge is 0.309 e. The summed E-state index contributed by atoms with van der Waals surface area (Å²) in [6, 6.07) is 21.8. The van der Waals surface area contributed by atoms with Crippen molar-refractivity contribution < 1.29 is 38.0 Å². The summed E-state index contributed by atoms with van der Waals surface area (Å²) in [6.45, 7) is 0.669. The molecule has 0 bridgehead atoms. The average Bonchev–Trinajstić information content (AvgIpc) is 2.92. The Kier molecular flexibility index (Phi) is 10.5. The molecule has 8 heteroatoms. The number of carbonyl (C=O) groups is 2. The van der Waals surface area contributed by atoms with E-state index in [4.69, 9.17) is 28.4 Å². The van der Waals surface area contributed by atoms with Crippen molar-refractivity contribution in [1.29, 1.82) is 0 Å². The van der Waals surface area contributed by atoms with Crippen molar-refractivity contribution in [2.24, 2.45) is 0 Å². The minimum absolute atomic E-state index is 0.118. The summed E-state index contributed by atoms with van der Waals surface area (Å²) < 4.78 is 32.2. The van der Waals surface area contributed by atoms with Gasteiger partial charge in [0, 0.05) is 0 Å². The maximum atomic E-state index is 12.0.